The first-order valence-electron chi connectivity index (χ1n) is 5.01. The van der Waals surface area contributed by atoms with Gasteiger partial charge >= 0.3 is 0 Å². The van der Waals surface area contributed by atoms with Gasteiger partial charge in [0.05, 0.1) is 4.90 Å². The topological polar surface area (TPSA) is 46.2 Å². The molecule has 0 aromatic heterocycles. The van der Waals surface area contributed by atoms with Gasteiger partial charge in [0.2, 0.25) is 0 Å². The van der Waals surface area contributed by atoms with Gasteiger partial charge < -0.3 is 0 Å². The number of nitrogens with one attached hydrogen (secondary N) is 1. The van der Waals surface area contributed by atoms with Crippen molar-refractivity contribution in [2.75, 3.05) is 4.72 Å². The van der Waals surface area contributed by atoms with Gasteiger partial charge in [-0.3, -0.25) is 4.72 Å². The van der Waals surface area contributed by atoms with Crippen molar-refractivity contribution < 1.29 is 12.8 Å². The third-order valence-electron chi connectivity index (χ3n) is 2.20. The Kier molecular flexibility index (Phi) is 3.86. The molecule has 0 saturated carbocycles. The Hall–Kier alpha value is -1.15. The summed E-state index contributed by atoms with van der Waals surface area (Å²) in [6, 6.07) is 11.8. The summed E-state index contributed by atoms with van der Waals surface area (Å²) in [4.78, 5) is -0.0962. The maximum absolute atomic E-state index is 13.0. The molecule has 1 N–H and O–H groups in total. The lowest BCUT2D eigenvalue weighted by molar-refractivity contribution is 0.595. The first-order chi connectivity index (χ1) is 8.47. The van der Waals surface area contributed by atoms with Crippen LogP contribution in [0.5, 0.6) is 0 Å². The second kappa shape index (κ2) is 5.23. The van der Waals surface area contributed by atoms with Crippen LogP contribution in [0.25, 0.3) is 0 Å². The molecular weight excluding hydrogens is 368 g/mol. The molecule has 0 aliphatic heterocycles. The van der Waals surface area contributed by atoms with Crippen molar-refractivity contribution in [3.05, 3.63) is 57.9 Å². The first kappa shape index (κ1) is 13.3. The molecule has 3 nitrogen and oxygen atoms in total. The summed E-state index contributed by atoms with van der Waals surface area (Å²) in [5.41, 5.74) is 0.444. The van der Waals surface area contributed by atoms with E-state index in [1.807, 2.05) is 0 Å². The Morgan fingerprint density at radius 2 is 1.72 bits per heavy atom. The fourth-order valence-electron chi connectivity index (χ4n) is 1.37. The van der Waals surface area contributed by atoms with Gasteiger partial charge in [-0.25, -0.2) is 12.8 Å². The van der Waals surface area contributed by atoms with Crippen LogP contribution in [0.15, 0.2) is 53.4 Å². The van der Waals surface area contributed by atoms with E-state index in [1.54, 1.807) is 24.3 Å². The summed E-state index contributed by atoms with van der Waals surface area (Å²) in [6.45, 7) is 0. The van der Waals surface area contributed by atoms with E-state index in [4.69, 9.17) is 0 Å². The van der Waals surface area contributed by atoms with E-state index in [1.165, 1.54) is 18.2 Å². The average Bonchev–Trinajstić information content (AvgIpc) is 2.32. The van der Waals surface area contributed by atoms with Crippen molar-refractivity contribution in [1.82, 2.24) is 0 Å². The number of anilines is 1. The summed E-state index contributed by atoms with van der Waals surface area (Å²) in [6.07, 6.45) is 0. The molecule has 0 bridgehead atoms. The maximum atomic E-state index is 13.0. The number of hydrogen-bond acceptors (Lipinski definition) is 2. The van der Waals surface area contributed by atoms with Crippen molar-refractivity contribution in [3.8, 4) is 0 Å². The molecule has 2 aromatic carbocycles. The lowest BCUT2D eigenvalue weighted by Crippen LogP contribution is -2.13. The third kappa shape index (κ3) is 3.20. The van der Waals surface area contributed by atoms with E-state index in [9.17, 15) is 12.8 Å². The van der Waals surface area contributed by atoms with E-state index < -0.39 is 15.8 Å². The molecule has 0 heterocycles. The summed E-state index contributed by atoms with van der Waals surface area (Å²) in [5, 5.41) is 0. The Labute approximate surface area is 118 Å². The largest absolute Gasteiger partial charge is 0.280 e. The van der Waals surface area contributed by atoms with Gasteiger partial charge in [-0.15, -0.1) is 0 Å². The Morgan fingerprint density at radius 1 is 1.06 bits per heavy atom. The van der Waals surface area contributed by atoms with E-state index in [-0.39, 0.29) is 4.90 Å². The molecule has 94 valence electrons. The van der Waals surface area contributed by atoms with Gasteiger partial charge in [-0.05, 0) is 65.1 Å². The standard InChI is InChI=1S/C12H9FINO2S/c13-9-2-1-3-12(8-9)18(16,17)15-11-6-4-10(14)5-7-11/h1-8,15H. The zero-order chi connectivity index (χ0) is 13.2. The highest BCUT2D eigenvalue weighted by Gasteiger charge is 2.14. The van der Waals surface area contributed by atoms with Crippen molar-refractivity contribution in [3.63, 3.8) is 0 Å². The fourth-order valence-corrected chi connectivity index (χ4v) is 2.82. The minimum Gasteiger partial charge on any atom is -0.280 e. The Balaban J connectivity index is 2.30. The molecule has 0 amide bonds. The second-order valence-corrected chi connectivity index (χ2v) is 6.50. The molecule has 0 spiro atoms. The lowest BCUT2D eigenvalue weighted by atomic mass is 10.3. The van der Waals surface area contributed by atoms with Gasteiger partial charge in [-0.2, -0.15) is 0 Å². The molecule has 0 fully saturated rings. The highest BCUT2D eigenvalue weighted by molar-refractivity contribution is 14.1. The molecule has 2 rings (SSSR count). The number of benzene rings is 2. The summed E-state index contributed by atoms with van der Waals surface area (Å²) < 4.78 is 40.3. The van der Waals surface area contributed by atoms with Crippen LogP contribution in [0.3, 0.4) is 0 Å². The van der Waals surface area contributed by atoms with Crippen molar-refractivity contribution in [2.45, 2.75) is 4.90 Å². The van der Waals surface area contributed by atoms with Crippen molar-refractivity contribution in [2.24, 2.45) is 0 Å². The van der Waals surface area contributed by atoms with Crippen LogP contribution in [0.1, 0.15) is 0 Å². The molecule has 2 aromatic rings. The minimum absolute atomic E-state index is 0.0962. The average molecular weight is 377 g/mol. The van der Waals surface area contributed by atoms with Gasteiger partial charge in [-0.1, -0.05) is 6.07 Å². The smallest absolute Gasteiger partial charge is 0.261 e. The summed E-state index contributed by atoms with van der Waals surface area (Å²) in [7, 11) is -3.74. The lowest BCUT2D eigenvalue weighted by Gasteiger charge is -2.08. The molecule has 0 saturated heterocycles. The monoisotopic (exact) mass is 377 g/mol. The van der Waals surface area contributed by atoms with E-state index in [0.717, 1.165) is 9.64 Å². The van der Waals surface area contributed by atoms with Crippen LogP contribution in [-0.4, -0.2) is 8.42 Å². The minimum atomic E-state index is -3.74. The fraction of sp³-hybridized carbons (Fsp3) is 0. The quantitative estimate of drug-likeness (QED) is 0.835. The number of rotatable bonds is 3. The molecule has 0 radical (unpaired) electrons. The number of hydrogen-bond donors (Lipinski definition) is 1. The molecule has 0 aliphatic carbocycles. The van der Waals surface area contributed by atoms with Crippen LogP contribution in [0, 0.1) is 9.39 Å². The highest BCUT2D eigenvalue weighted by atomic mass is 127. The van der Waals surface area contributed by atoms with Gasteiger partial charge in [0, 0.05) is 9.26 Å². The van der Waals surface area contributed by atoms with Gasteiger partial charge in [0.15, 0.2) is 0 Å². The summed E-state index contributed by atoms with van der Waals surface area (Å²) in [5.74, 6) is -0.583. The predicted octanol–water partition coefficient (Wildman–Crippen LogP) is 3.23. The second-order valence-electron chi connectivity index (χ2n) is 3.57. The maximum Gasteiger partial charge on any atom is 0.261 e. The van der Waals surface area contributed by atoms with Gasteiger partial charge in [0.1, 0.15) is 5.82 Å². The van der Waals surface area contributed by atoms with Crippen molar-refractivity contribution >= 4 is 38.3 Å². The van der Waals surface area contributed by atoms with Crippen molar-refractivity contribution in [1.29, 1.82) is 0 Å². The van der Waals surface area contributed by atoms with Gasteiger partial charge in [0.25, 0.3) is 10.0 Å². The number of halogens is 2. The van der Waals surface area contributed by atoms with Crippen LogP contribution in [-0.2, 0) is 10.0 Å². The first-order valence-corrected chi connectivity index (χ1v) is 7.57. The molecule has 6 heteroatoms. The van der Waals surface area contributed by atoms with Crippen LogP contribution < -0.4 is 4.72 Å². The number of sulfonamides is 1. The molecule has 0 aliphatic rings. The van der Waals surface area contributed by atoms with Crippen LogP contribution >= 0.6 is 22.6 Å². The highest BCUT2D eigenvalue weighted by Crippen LogP contribution is 2.17. The summed E-state index contributed by atoms with van der Waals surface area (Å²) >= 11 is 2.12. The molecular formula is C12H9FINO2S. The van der Waals surface area contributed by atoms with E-state index >= 15 is 0 Å². The SMILES string of the molecule is O=S(=O)(Nc1ccc(I)cc1)c1cccc(F)c1. The predicted molar refractivity (Wildman–Crippen MR) is 76.4 cm³/mol. The zero-order valence-electron chi connectivity index (χ0n) is 9.10. The normalized spacial score (nSPS) is 11.2. The third-order valence-corrected chi connectivity index (χ3v) is 4.30. The Morgan fingerprint density at radius 3 is 2.33 bits per heavy atom. The molecule has 18 heavy (non-hydrogen) atoms. The zero-order valence-corrected chi connectivity index (χ0v) is 12.1. The van der Waals surface area contributed by atoms with E-state index in [2.05, 4.69) is 27.3 Å². The van der Waals surface area contributed by atoms with Crippen LogP contribution in [0.2, 0.25) is 0 Å². The van der Waals surface area contributed by atoms with E-state index in [0.29, 0.717) is 5.69 Å². The molecule has 0 unspecified atom stereocenters. The Bertz CT molecular complexity index is 656. The van der Waals surface area contributed by atoms with Crippen LogP contribution in [0.4, 0.5) is 10.1 Å². The molecule has 0 atom stereocenters.